The summed E-state index contributed by atoms with van der Waals surface area (Å²) in [6.07, 6.45) is 0.598. The highest BCUT2D eigenvalue weighted by Crippen LogP contribution is 2.28. The molecule has 1 fully saturated rings. The molecule has 0 bridgehead atoms. The van der Waals surface area contributed by atoms with Crippen molar-refractivity contribution in [2.75, 3.05) is 44.7 Å². The fraction of sp³-hybridized carbons (Fsp3) is 0.286. The van der Waals surface area contributed by atoms with Crippen LogP contribution in [0.4, 0.5) is 5.69 Å². The number of aromatic amines is 1. The van der Waals surface area contributed by atoms with E-state index >= 15 is 0 Å². The number of nitrogens with one attached hydrogen (secondary N) is 1. The summed E-state index contributed by atoms with van der Waals surface area (Å²) in [5.74, 6) is 0.720. The van der Waals surface area contributed by atoms with Crippen molar-refractivity contribution >= 4 is 22.7 Å². The molecule has 7 heteroatoms. The molecule has 2 N–H and O–H groups in total. The first-order chi connectivity index (χ1) is 17.0. The van der Waals surface area contributed by atoms with Crippen molar-refractivity contribution in [2.24, 2.45) is 0 Å². The summed E-state index contributed by atoms with van der Waals surface area (Å²) < 4.78 is 5.62. The number of piperazine rings is 1. The molecule has 0 amide bonds. The highest BCUT2D eigenvalue weighted by molar-refractivity contribution is 5.84. The standard InChI is InChI=1S/C28H30N4O3/c1-31-14-16-32(17-15-31)23-9-4-20(5-10-23)22-8-13-25-26(19-22)30-28(29-25)21-6-11-24(12-7-21)35-18-2-3-27(33)34/h4-13,19H,2-3,14-18H2,1H3,(H,29,30)(H,33,34). The Morgan fingerprint density at radius 2 is 1.63 bits per heavy atom. The predicted octanol–water partition coefficient (Wildman–Crippen LogP) is 4.89. The average molecular weight is 471 g/mol. The lowest BCUT2D eigenvalue weighted by Gasteiger charge is -2.34. The number of nitrogens with zero attached hydrogens (tertiary/aromatic N) is 3. The number of rotatable bonds is 8. The number of ether oxygens (including phenoxy) is 1. The molecular formula is C28H30N4O3. The number of benzene rings is 3. The van der Waals surface area contributed by atoms with E-state index in [-0.39, 0.29) is 6.42 Å². The number of hydrogen-bond acceptors (Lipinski definition) is 5. The normalized spacial score (nSPS) is 14.4. The van der Waals surface area contributed by atoms with Gasteiger partial charge in [-0.05, 0) is 73.1 Å². The van der Waals surface area contributed by atoms with Gasteiger partial charge in [-0.3, -0.25) is 4.79 Å². The van der Waals surface area contributed by atoms with E-state index in [9.17, 15) is 4.79 Å². The quantitative estimate of drug-likeness (QED) is 0.357. The average Bonchev–Trinajstić information content (AvgIpc) is 3.31. The molecular weight excluding hydrogens is 440 g/mol. The lowest BCUT2D eigenvalue weighted by Crippen LogP contribution is -2.44. The summed E-state index contributed by atoms with van der Waals surface area (Å²) in [6.45, 7) is 4.72. The maximum atomic E-state index is 10.6. The zero-order valence-corrected chi connectivity index (χ0v) is 19.9. The van der Waals surface area contributed by atoms with Crippen LogP contribution in [0.5, 0.6) is 5.75 Å². The summed E-state index contributed by atoms with van der Waals surface area (Å²) in [6, 6.07) is 22.8. The van der Waals surface area contributed by atoms with Gasteiger partial charge in [0.2, 0.25) is 0 Å². The molecule has 0 atom stereocenters. The third-order valence-corrected chi connectivity index (χ3v) is 6.48. The van der Waals surface area contributed by atoms with Crippen molar-refractivity contribution < 1.29 is 14.6 Å². The van der Waals surface area contributed by atoms with Crippen LogP contribution in [-0.4, -0.2) is 65.8 Å². The first-order valence-electron chi connectivity index (χ1n) is 12.0. The molecule has 180 valence electrons. The number of imidazole rings is 1. The van der Waals surface area contributed by atoms with Crippen LogP contribution in [0.1, 0.15) is 12.8 Å². The number of carboxylic acids is 1. The maximum Gasteiger partial charge on any atom is 0.303 e. The molecule has 5 rings (SSSR count). The van der Waals surface area contributed by atoms with Crippen LogP contribution in [-0.2, 0) is 4.79 Å². The number of aromatic nitrogens is 2. The van der Waals surface area contributed by atoms with Crippen LogP contribution >= 0.6 is 0 Å². The zero-order valence-electron chi connectivity index (χ0n) is 19.9. The number of carboxylic acid groups (broad SMARTS) is 1. The number of fused-ring (bicyclic) bond motifs is 1. The fourth-order valence-corrected chi connectivity index (χ4v) is 4.38. The second-order valence-electron chi connectivity index (χ2n) is 9.02. The van der Waals surface area contributed by atoms with Gasteiger partial charge in [-0.25, -0.2) is 4.98 Å². The highest BCUT2D eigenvalue weighted by Gasteiger charge is 2.14. The van der Waals surface area contributed by atoms with Crippen molar-refractivity contribution in [3.63, 3.8) is 0 Å². The summed E-state index contributed by atoms with van der Waals surface area (Å²) in [4.78, 5) is 23.6. The Balaban J connectivity index is 1.27. The van der Waals surface area contributed by atoms with Gasteiger partial charge in [0, 0.05) is 43.9 Å². The molecule has 0 unspecified atom stereocenters. The third kappa shape index (κ3) is 5.46. The largest absolute Gasteiger partial charge is 0.494 e. The van der Waals surface area contributed by atoms with E-state index in [1.54, 1.807) is 0 Å². The van der Waals surface area contributed by atoms with Gasteiger partial charge in [0.1, 0.15) is 11.6 Å². The highest BCUT2D eigenvalue weighted by atomic mass is 16.5. The number of carbonyl (C=O) groups is 1. The zero-order chi connectivity index (χ0) is 24.2. The van der Waals surface area contributed by atoms with E-state index in [0.717, 1.165) is 59.9 Å². The molecule has 35 heavy (non-hydrogen) atoms. The van der Waals surface area contributed by atoms with Crippen molar-refractivity contribution in [1.82, 2.24) is 14.9 Å². The Kier molecular flexibility index (Phi) is 6.68. The Morgan fingerprint density at radius 1 is 0.943 bits per heavy atom. The Bertz CT molecular complexity index is 1290. The summed E-state index contributed by atoms with van der Waals surface area (Å²) in [5, 5.41) is 8.71. The summed E-state index contributed by atoms with van der Waals surface area (Å²) in [7, 11) is 2.18. The van der Waals surface area contributed by atoms with Crippen LogP contribution < -0.4 is 9.64 Å². The van der Waals surface area contributed by atoms with E-state index < -0.39 is 5.97 Å². The Hall–Kier alpha value is -3.84. The number of hydrogen-bond donors (Lipinski definition) is 2. The Labute approximate surface area is 205 Å². The van der Waals surface area contributed by atoms with Crippen LogP contribution in [0.2, 0.25) is 0 Å². The smallest absolute Gasteiger partial charge is 0.303 e. The first-order valence-corrected chi connectivity index (χ1v) is 12.0. The lowest BCUT2D eigenvalue weighted by molar-refractivity contribution is -0.137. The van der Waals surface area contributed by atoms with Crippen molar-refractivity contribution in [3.8, 4) is 28.3 Å². The van der Waals surface area contributed by atoms with Crippen LogP contribution in [0.3, 0.4) is 0 Å². The van der Waals surface area contributed by atoms with E-state index in [1.165, 1.54) is 11.3 Å². The minimum atomic E-state index is -0.806. The van der Waals surface area contributed by atoms with E-state index in [0.29, 0.717) is 13.0 Å². The van der Waals surface area contributed by atoms with E-state index in [4.69, 9.17) is 14.8 Å². The molecule has 2 heterocycles. The first kappa shape index (κ1) is 22.9. The summed E-state index contributed by atoms with van der Waals surface area (Å²) >= 11 is 0. The minimum absolute atomic E-state index is 0.111. The number of aliphatic carboxylic acids is 1. The van der Waals surface area contributed by atoms with Crippen LogP contribution in [0, 0.1) is 0 Å². The predicted molar refractivity (Wildman–Crippen MR) is 139 cm³/mol. The minimum Gasteiger partial charge on any atom is -0.494 e. The molecule has 0 saturated carbocycles. The number of likely N-dealkylation sites (N-methyl/N-ethyl adjacent to an activating group) is 1. The van der Waals surface area contributed by atoms with Gasteiger partial charge in [-0.15, -0.1) is 0 Å². The molecule has 0 spiro atoms. The SMILES string of the molecule is CN1CCN(c2ccc(-c3ccc4nc(-c5ccc(OCCCC(=O)O)cc5)[nH]c4c3)cc2)CC1. The van der Waals surface area contributed by atoms with Gasteiger partial charge >= 0.3 is 5.97 Å². The Morgan fingerprint density at radius 3 is 2.34 bits per heavy atom. The van der Waals surface area contributed by atoms with Crippen LogP contribution in [0.25, 0.3) is 33.5 Å². The van der Waals surface area contributed by atoms with Gasteiger partial charge < -0.3 is 24.6 Å². The van der Waals surface area contributed by atoms with Gasteiger partial charge in [0.25, 0.3) is 0 Å². The number of anilines is 1. The van der Waals surface area contributed by atoms with Gasteiger partial charge in [-0.2, -0.15) is 0 Å². The molecule has 3 aromatic carbocycles. The van der Waals surface area contributed by atoms with Crippen molar-refractivity contribution in [1.29, 1.82) is 0 Å². The monoisotopic (exact) mass is 470 g/mol. The molecule has 0 aliphatic carbocycles. The van der Waals surface area contributed by atoms with Gasteiger partial charge in [0.05, 0.1) is 17.6 Å². The third-order valence-electron chi connectivity index (χ3n) is 6.48. The molecule has 1 aliphatic heterocycles. The molecule has 1 aliphatic rings. The molecule has 7 nitrogen and oxygen atoms in total. The second kappa shape index (κ2) is 10.2. The molecule has 0 radical (unpaired) electrons. The van der Waals surface area contributed by atoms with Crippen molar-refractivity contribution in [3.05, 3.63) is 66.7 Å². The van der Waals surface area contributed by atoms with Crippen molar-refractivity contribution in [2.45, 2.75) is 12.8 Å². The fourth-order valence-electron chi connectivity index (χ4n) is 4.38. The van der Waals surface area contributed by atoms with Gasteiger partial charge in [-0.1, -0.05) is 18.2 Å². The lowest BCUT2D eigenvalue weighted by atomic mass is 10.0. The maximum absolute atomic E-state index is 10.6. The second-order valence-corrected chi connectivity index (χ2v) is 9.02. The molecule has 1 saturated heterocycles. The topological polar surface area (TPSA) is 81.7 Å². The summed E-state index contributed by atoms with van der Waals surface area (Å²) in [5.41, 5.74) is 6.51. The molecule has 4 aromatic rings. The van der Waals surface area contributed by atoms with Gasteiger partial charge in [0.15, 0.2) is 0 Å². The van der Waals surface area contributed by atoms with Crippen LogP contribution in [0.15, 0.2) is 66.7 Å². The van der Waals surface area contributed by atoms with E-state index in [1.807, 2.05) is 24.3 Å². The number of H-pyrrole nitrogens is 1. The molecule has 1 aromatic heterocycles. The van der Waals surface area contributed by atoms with E-state index in [2.05, 4.69) is 64.3 Å².